The van der Waals surface area contributed by atoms with Crippen molar-refractivity contribution < 1.29 is 14.2 Å². The van der Waals surface area contributed by atoms with E-state index in [1.54, 1.807) is 14.2 Å². The second-order valence-corrected chi connectivity index (χ2v) is 3.81. The highest BCUT2D eigenvalue weighted by Gasteiger charge is 1.97. The van der Waals surface area contributed by atoms with Gasteiger partial charge in [-0.1, -0.05) is 6.07 Å². The van der Waals surface area contributed by atoms with E-state index in [0.717, 1.165) is 31.8 Å². The first-order valence-corrected chi connectivity index (χ1v) is 6.14. The maximum Gasteiger partial charge on any atom is 0.213 e. The summed E-state index contributed by atoms with van der Waals surface area (Å²) in [5.41, 5.74) is 0.981. The second kappa shape index (κ2) is 9.82. The maximum absolute atomic E-state index is 5.36. The van der Waals surface area contributed by atoms with Crippen LogP contribution in [0.3, 0.4) is 0 Å². The standard InChI is InChI=1S/C13H22N2O3/c1-16-9-10-18-8-4-7-14-11-12-5-3-6-13(15-12)17-2/h3,5-6,14H,4,7-11H2,1-2H3. The van der Waals surface area contributed by atoms with E-state index >= 15 is 0 Å². The molecule has 0 fully saturated rings. The highest BCUT2D eigenvalue weighted by Crippen LogP contribution is 2.05. The molecule has 102 valence electrons. The van der Waals surface area contributed by atoms with Gasteiger partial charge in [0.1, 0.15) is 0 Å². The minimum Gasteiger partial charge on any atom is -0.481 e. The number of ether oxygens (including phenoxy) is 3. The van der Waals surface area contributed by atoms with E-state index in [9.17, 15) is 0 Å². The molecule has 5 heteroatoms. The summed E-state index contributed by atoms with van der Waals surface area (Å²) in [6, 6.07) is 5.76. The lowest BCUT2D eigenvalue weighted by atomic mass is 10.3. The Kier molecular flexibility index (Phi) is 8.12. The van der Waals surface area contributed by atoms with Gasteiger partial charge in [0.15, 0.2) is 0 Å². The van der Waals surface area contributed by atoms with Crippen LogP contribution in [-0.4, -0.2) is 45.6 Å². The van der Waals surface area contributed by atoms with Crippen LogP contribution in [0.5, 0.6) is 5.88 Å². The molecule has 1 aromatic rings. The largest absolute Gasteiger partial charge is 0.481 e. The van der Waals surface area contributed by atoms with Crippen molar-refractivity contribution in [2.45, 2.75) is 13.0 Å². The number of nitrogens with zero attached hydrogens (tertiary/aromatic N) is 1. The Bertz CT molecular complexity index is 321. The van der Waals surface area contributed by atoms with Gasteiger partial charge in [0, 0.05) is 26.3 Å². The molecule has 0 atom stereocenters. The Morgan fingerprint density at radius 3 is 2.83 bits per heavy atom. The van der Waals surface area contributed by atoms with Crippen molar-refractivity contribution >= 4 is 0 Å². The Labute approximate surface area is 108 Å². The monoisotopic (exact) mass is 254 g/mol. The van der Waals surface area contributed by atoms with Gasteiger partial charge in [-0.15, -0.1) is 0 Å². The normalized spacial score (nSPS) is 10.6. The van der Waals surface area contributed by atoms with E-state index in [0.29, 0.717) is 19.1 Å². The van der Waals surface area contributed by atoms with Crippen LogP contribution < -0.4 is 10.1 Å². The van der Waals surface area contributed by atoms with Crippen molar-refractivity contribution in [1.82, 2.24) is 10.3 Å². The van der Waals surface area contributed by atoms with Gasteiger partial charge in [0.05, 0.1) is 26.0 Å². The zero-order valence-electron chi connectivity index (χ0n) is 11.1. The molecular formula is C13H22N2O3. The van der Waals surface area contributed by atoms with Crippen molar-refractivity contribution in [3.63, 3.8) is 0 Å². The summed E-state index contributed by atoms with van der Waals surface area (Å²) in [5.74, 6) is 0.650. The molecule has 1 N–H and O–H groups in total. The smallest absolute Gasteiger partial charge is 0.213 e. The number of hydrogen-bond donors (Lipinski definition) is 1. The molecule has 18 heavy (non-hydrogen) atoms. The van der Waals surface area contributed by atoms with E-state index in [-0.39, 0.29) is 0 Å². The molecule has 1 aromatic heterocycles. The van der Waals surface area contributed by atoms with Gasteiger partial charge in [-0.05, 0) is 19.0 Å². The molecule has 0 saturated carbocycles. The van der Waals surface area contributed by atoms with Crippen LogP contribution >= 0.6 is 0 Å². The average molecular weight is 254 g/mol. The summed E-state index contributed by atoms with van der Waals surface area (Å²) in [5, 5.41) is 3.31. The van der Waals surface area contributed by atoms with Crippen molar-refractivity contribution in [3.05, 3.63) is 23.9 Å². The van der Waals surface area contributed by atoms with Crippen LogP contribution in [0.2, 0.25) is 0 Å². The van der Waals surface area contributed by atoms with Crippen LogP contribution in [-0.2, 0) is 16.0 Å². The lowest BCUT2D eigenvalue weighted by Crippen LogP contribution is -2.17. The average Bonchev–Trinajstić information content (AvgIpc) is 2.42. The van der Waals surface area contributed by atoms with Gasteiger partial charge in [0.25, 0.3) is 0 Å². The van der Waals surface area contributed by atoms with Gasteiger partial charge in [-0.3, -0.25) is 0 Å². The fourth-order valence-corrected chi connectivity index (χ4v) is 1.43. The lowest BCUT2D eigenvalue weighted by Gasteiger charge is -2.06. The molecule has 0 aliphatic rings. The molecule has 0 radical (unpaired) electrons. The van der Waals surface area contributed by atoms with E-state index in [2.05, 4.69) is 10.3 Å². The second-order valence-electron chi connectivity index (χ2n) is 3.81. The van der Waals surface area contributed by atoms with E-state index in [1.165, 1.54) is 0 Å². The molecule has 1 rings (SSSR count). The third-order valence-corrected chi connectivity index (χ3v) is 2.37. The molecule has 1 heterocycles. The van der Waals surface area contributed by atoms with Gasteiger partial charge in [-0.25, -0.2) is 4.98 Å². The van der Waals surface area contributed by atoms with Crippen LogP contribution in [0.25, 0.3) is 0 Å². The minimum atomic E-state index is 0.650. The van der Waals surface area contributed by atoms with Gasteiger partial charge in [0.2, 0.25) is 5.88 Å². The topological polar surface area (TPSA) is 52.6 Å². The molecule has 0 saturated heterocycles. The van der Waals surface area contributed by atoms with Crippen molar-refractivity contribution in [3.8, 4) is 5.88 Å². The Hall–Kier alpha value is -1.17. The summed E-state index contributed by atoms with van der Waals surface area (Å²) in [7, 11) is 3.29. The summed E-state index contributed by atoms with van der Waals surface area (Å²) < 4.78 is 15.3. The van der Waals surface area contributed by atoms with Crippen LogP contribution in [0.15, 0.2) is 18.2 Å². The quantitative estimate of drug-likeness (QED) is 0.637. The van der Waals surface area contributed by atoms with Gasteiger partial charge >= 0.3 is 0 Å². The SMILES string of the molecule is COCCOCCCNCc1cccc(OC)n1. The molecular weight excluding hydrogens is 232 g/mol. The summed E-state index contributed by atoms with van der Waals surface area (Å²) in [6.45, 7) is 3.72. The summed E-state index contributed by atoms with van der Waals surface area (Å²) >= 11 is 0. The van der Waals surface area contributed by atoms with Gasteiger partial charge < -0.3 is 19.5 Å². The predicted octanol–water partition coefficient (Wildman–Crippen LogP) is 1.23. The van der Waals surface area contributed by atoms with Crippen molar-refractivity contribution in [2.75, 3.05) is 40.6 Å². The Morgan fingerprint density at radius 1 is 1.17 bits per heavy atom. The van der Waals surface area contributed by atoms with Crippen molar-refractivity contribution in [2.24, 2.45) is 0 Å². The lowest BCUT2D eigenvalue weighted by molar-refractivity contribution is 0.0694. The van der Waals surface area contributed by atoms with Gasteiger partial charge in [-0.2, -0.15) is 0 Å². The number of pyridine rings is 1. The molecule has 0 aromatic carbocycles. The zero-order chi connectivity index (χ0) is 13.1. The first kappa shape index (κ1) is 14.9. The maximum atomic E-state index is 5.36. The van der Waals surface area contributed by atoms with E-state index in [1.807, 2.05) is 18.2 Å². The Balaban J connectivity index is 2.03. The number of nitrogens with one attached hydrogen (secondary N) is 1. The summed E-state index contributed by atoms with van der Waals surface area (Å²) in [6.07, 6.45) is 0.980. The fourth-order valence-electron chi connectivity index (χ4n) is 1.43. The molecule has 0 amide bonds. The highest BCUT2D eigenvalue weighted by atomic mass is 16.5. The Morgan fingerprint density at radius 2 is 2.06 bits per heavy atom. The predicted molar refractivity (Wildman–Crippen MR) is 69.8 cm³/mol. The van der Waals surface area contributed by atoms with Crippen LogP contribution in [0.4, 0.5) is 0 Å². The highest BCUT2D eigenvalue weighted by molar-refractivity contribution is 5.15. The third kappa shape index (κ3) is 6.54. The molecule has 0 bridgehead atoms. The van der Waals surface area contributed by atoms with Crippen LogP contribution in [0, 0.1) is 0 Å². The molecule has 0 aliphatic carbocycles. The number of aromatic nitrogens is 1. The third-order valence-electron chi connectivity index (χ3n) is 2.37. The fraction of sp³-hybridized carbons (Fsp3) is 0.615. The first-order valence-electron chi connectivity index (χ1n) is 6.14. The van der Waals surface area contributed by atoms with Crippen molar-refractivity contribution in [1.29, 1.82) is 0 Å². The number of methoxy groups -OCH3 is 2. The minimum absolute atomic E-state index is 0.650. The number of rotatable bonds is 10. The molecule has 0 aliphatic heterocycles. The zero-order valence-corrected chi connectivity index (χ0v) is 11.1. The first-order chi connectivity index (χ1) is 8.86. The summed E-state index contributed by atoms with van der Waals surface area (Å²) in [4.78, 5) is 4.32. The van der Waals surface area contributed by atoms with E-state index in [4.69, 9.17) is 14.2 Å². The van der Waals surface area contributed by atoms with E-state index < -0.39 is 0 Å². The van der Waals surface area contributed by atoms with Crippen LogP contribution in [0.1, 0.15) is 12.1 Å². The molecule has 5 nitrogen and oxygen atoms in total. The molecule has 0 spiro atoms. The molecule has 0 unspecified atom stereocenters. The number of hydrogen-bond acceptors (Lipinski definition) is 5.